The Kier molecular flexibility index (Phi) is 8.11. The smallest absolute Gasteiger partial charge is 0.119 e. The Labute approximate surface area is 147 Å². The van der Waals surface area contributed by atoms with Crippen molar-refractivity contribution in [3.05, 3.63) is 65.4 Å². The van der Waals surface area contributed by atoms with Crippen LogP contribution in [0.3, 0.4) is 0 Å². The molecule has 3 aromatic rings. The van der Waals surface area contributed by atoms with E-state index in [0.717, 1.165) is 12.3 Å². The summed E-state index contributed by atoms with van der Waals surface area (Å²) in [5.41, 5.74) is 5.24. The molecule has 130 valence electrons. The lowest BCUT2D eigenvalue weighted by molar-refractivity contribution is 0.415. The highest BCUT2D eigenvalue weighted by atomic mass is 16.5. The summed E-state index contributed by atoms with van der Waals surface area (Å²) in [6, 6.07) is 16.9. The van der Waals surface area contributed by atoms with Gasteiger partial charge in [-0.3, -0.25) is 0 Å². The van der Waals surface area contributed by atoms with Crippen LogP contribution in [0.5, 0.6) is 5.75 Å². The highest BCUT2D eigenvalue weighted by molar-refractivity contribution is 5.86. The second-order valence-electron chi connectivity index (χ2n) is 5.17. The molecule has 2 aromatic carbocycles. The largest absolute Gasteiger partial charge is 0.497 e. The van der Waals surface area contributed by atoms with Gasteiger partial charge in [0.1, 0.15) is 5.75 Å². The molecule has 0 bridgehead atoms. The monoisotopic (exact) mass is 325 g/mol. The number of nitrogens with zero attached hydrogens (tertiary/aromatic N) is 1. The summed E-state index contributed by atoms with van der Waals surface area (Å²) in [7, 11) is 1.71. The summed E-state index contributed by atoms with van der Waals surface area (Å²) >= 11 is 0. The maximum atomic E-state index is 5.34. The van der Waals surface area contributed by atoms with Gasteiger partial charge in [0.2, 0.25) is 0 Å². The zero-order chi connectivity index (χ0) is 18.1. The third kappa shape index (κ3) is 4.19. The number of hydrogen-bond acceptors (Lipinski definition) is 1. The molecule has 3 rings (SSSR count). The van der Waals surface area contributed by atoms with E-state index in [9.17, 15) is 0 Å². The fourth-order valence-electron chi connectivity index (χ4n) is 2.73. The Balaban J connectivity index is 0.000000671. The molecule has 0 saturated carbocycles. The second-order valence-corrected chi connectivity index (χ2v) is 5.17. The van der Waals surface area contributed by atoms with E-state index in [4.69, 9.17) is 4.74 Å². The van der Waals surface area contributed by atoms with E-state index in [1.165, 1.54) is 27.7 Å². The van der Waals surface area contributed by atoms with Gasteiger partial charge in [0.25, 0.3) is 0 Å². The zero-order valence-electron chi connectivity index (χ0n) is 16.2. The average Bonchev–Trinajstić information content (AvgIpc) is 2.90. The van der Waals surface area contributed by atoms with Gasteiger partial charge >= 0.3 is 0 Å². The van der Waals surface area contributed by atoms with Crippen molar-refractivity contribution in [2.45, 2.75) is 48.1 Å². The molecule has 2 heteroatoms. The van der Waals surface area contributed by atoms with Gasteiger partial charge in [-0.2, -0.15) is 0 Å². The van der Waals surface area contributed by atoms with E-state index in [1.807, 2.05) is 33.8 Å². The molecule has 2 nitrogen and oxygen atoms in total. The highest BCUT2D eigenvalue weighted by Crippen LogP contribution is 2.29. The second kappa shape index (κ2) is 9.82. The van der Waals surface area contributed by atoms with Gasteiger partial charge in [0, 0.05) is 23.1 Å². The fraction of sp³-hybridized carbons (Fsp3) is 0.364. The number of hydrogen-bond donors (Lipinski definition) is 0. The van der Waals surface area contributed by atoms with Gasteiger partial charge in [-0.1, -0.05) is 58.0 Å². The zero-order valence-corrected chi connectivity index (χ0v) is 16.2. The van der Waals surface area contributed by atoms with Crippen molar-refractivity contribution in [3.8, 4) is 5.75 Å². The van der Waals surface area contributed by atoms with E-state index in [0.29, 0.717) is 0 Å². The Morgan fingerprint density at radius 2 is 1.50 bits per heavy atom. The molecule has 0 unspecified atom stereocenters. The minimum Gasteiger partial charge on any atom is -0.497 e. The molecule has 0 radical (unpaired) electrons. The van der Waals surface area contributed by atoms with Crippen LogP contribution >= 0.6 is 0 Å². The van der Waals surface area contributed by atoms with E-state index < -0.39 is 0 Å². The lowest BCUT2D eigenvalue weighted by Crippen LogP contribution is -2.01. The Morgan fingerprint density at radius 1 is 0.875 bits per heavy atom. The van der Waals surface area contributed by atoms with Gasteiger partial charge in [-0.15, -0.1) is 0 Å². The van der Waals surface area contributed by atoms with Gasteiger partial charge in [0.15, 0.2) is 0 Å². The van der Waals surface area contributed by atoms with Crippen molar-refractivity contribution < 1.29 is 4.74 Å². The van der Waals surface area contributed by atoms with Crippen LogP contribution in [-0.2, 0) is 6.54 Å². The molecule has 0 aliphatic carbocycles. The van der Waals surface area contributed by atoms with Crippen molar-refractivity contribution in [3.63, 3.8) is 0 Å². The van der Waals surface area contributed by atoms with Crippen molar-refractivity contribution >= 4 is 10.9 Å². The van der Waals surface area contributed by atoms with E-state index in [1.54, 1.807) is 7.11 Å². The maximum absolute atomic E-state index is 5.34. The first-order valence-electron chi connectivity index (χ1n) is 8.88. The molecule has 24 heavy (non-hydrogen) atoms. The predicted octanol–water partition coefficient (Wildman–Crippen LogP) is 6.37. The third-order valence-corrected chi connectivity index (χ3v) is 4.03. The lowest BCUT2D eigenvalue weighted by Gasteiger charge is -2.09. The summed E-state index contributed by atoms with van der Waals surface area (Å²) in [5, 5.41) is 1.28. The first-order valence-corrected chi connectivity index (χ1v) is 8.88. The molecule has 1 heterocycles. The van der Waals surface area contributed by atoms with Crippen LogP contribution in [0.25, 0.3) is 10.9 Å². The normalized spacial score (nSPS) is 9.62. The molecule has 0 atom stereocenters. The van der Waals surface area contributed by atoms with Crippen molar-refractivity contribution in [2.75, 3.05) is 7.11 Å². The number of aryl methyl sites for hydroxylation is 1. The molecule has 0 saturated heterocycles. The molecule has 1 aromatic heterocycles. The summed E-state index contributed by atoms with van der Waals surface area (Å²) < 4.78 is 7.71. The average molecular weight is 325 g/mol. The summed E-state index contributed by atoms with van der Waals surface area (Å²) in [4.78, 5) is 0. The molecule has 0 N–H and O–H groups in total. The molecule has 0 amide bonds. The van der Waals surface area contributed by atoms with Crippen LogP contribution < -0.4 is 4.74 Å². The minimum atomic E-state index is 0.906. The first kappa shape index (κ1) is 19.8. The minimum absolute atomic E-state index is 0.906. The first-order chi connectivity index (χ1) is 11.7. The molecule has 0 spiro atoms. The van der Waals surface area contributed by atoms with Crippen LogP contribution in [0.4, 0.5) is 0 Å². The van der Waals surface area contributed by atoms with Crippen LogP contribution in [-0.4, -0.2) is 11.7 Å². The van der Waals surface area contributed by atoms with Crippen LogP contribution in [0.1, 0.15) is 44.5 Å². The highest BCUT2D eigenvalue weighted by Gasteiger charge is 2.11. The van der Waals surface area contributed by atoms with Crippen LogP contribution in [0, 0.1) is 13.8 Å². The van der Waals surface area contributed by atoms with Crippen LogP contribution in [0.2, 0.25) is 0 Å². The molecular formula is C22H31NO. The van der Waals surface area contributed by atoms with Crippen molar-refractivity contribution in [1.82, 2.24) is 4.57 Å². The topological polar surface area (TPSA) is 14.2 Å². The van der Waals surface area contributed by atoms with Crippen molar-refractivity contribution in [1.29, 1.82) is 0 Å². The number of ether oxygens (including phenoxy) is 1. The molecule has 0 fully saturated rings. The Morgan fingerprint density at radius 3 is 2.08 bits per heavy atom. The quantitative estimate of drug-likeness (QED) is 0.546. The number of fused-ring (bicyclic) bond motifs is 1. The van der Waals surface area contributed by atoms with Gasteiger partial charge in [-0.05, 0) is 43.2 Å². The van der Waals surface area contributed by atoms with Crippen LogP contribution in [0.15, 0.2) is 48.5 Å². The Bertz CT molecular complexity index is 742. The summed E-state index contributed by atoms with van der Waals surface area (Å²) in [5.74, 6) is 0.914. The predicted molar refractivity (Wildman–Crippen MR) is 106 cm³/mol. The standard InChI is InChI=1S/C18H19NO.2C2H6/c1-13-14(2)19(12-15-7-5-4-6-8-15)18-10-9-16(20-3)11-17(13)18;2*1-2/h4-11H,12H2,1-3H3;2*1-2H3. The lowest BCUT2D eigenvalue weighted by atomic mass is 10.1. The number of aromatic nitrogens is 1. The Hall–Kier alpha value is -2.22. The molecule has 0 aliphatic rings. The number of rotatable bonds is 3. The summed E-state index contributed by atoms with van der Waals surface area (Å²) in [6.45, 7) is 13.3. The van der Waals surface area contributed by atoms with Gasteiger partial charge in [0.05, 0.1) is 7.11 Å². The van der Waals surface area contributed by atoms with Gasteiger partial charge in [-0.25, -0.2) is 0 Å². The van der Waals surface area contributed by atoms with Crippen molar-refractivity contribution in [2.24, 2.45) is 0 Å². The summed E-state index contributed by atoms with van der Waals surface area (Å²) in [6.07, 6.45) is 0. The van der Waals surface area contributed by atoms with E-state index in [-0.39, 0.29) is 0 Å². The van der Waals surface area contributed by atoms with E-state index in [2.05, 4.69) is 60.9 Å². The van der Waals surface area contributed by atoms with Gasteiger partial charge < -0.3 is 9.30 Å². The SMILES string of the molecule is CC.CC.COc1ccc2c(c1)c(C)c(C)n2Cc1ccccc1. The fourth-order valence-corrected chi connectivity index (χ4v) is 2.73. The molecular weight excluding hydrogens is 294 g/mol. The third-order valence-electron chi connectivity index (χ3n) is 4.03. The molecule has 0 aliphatic heterocycles. The number of methoxy groups -OCH3 is 1. The van der Waals surface area contributed by atoms with E-state index >= 15 is 0 Å². The maximum Gasteiger partial charge on any atom is 0.119 e. The number of benzene rings is 2.